The van der Waals surface area contributed by atoms with Gasteiger partial charge in [0.25, 0.3) is 11.8 Å². The van der Waals surface area contributed by atoms with Gasteiger partial charge in [0.15, 0.2) is 0 Å². The van der Waals surface area contributed by atoms with E-state index >= 15 is 0 Å². The third kappa shape index (κ3) is 8.54. The van der Waals surface area contributed by atoms with Crippen molar-refractivity contribution in [2.24, 2.45) is 0 Å². The van der Waals surface area contributed by atoms with Gasteiger partial charge in [-0.25, -0.2) is 23.6 Å². The molecular weight excluding hydrogens is 641 g/mol. The molecule has 1 heterocycles. The molecule has 0 saturated heterocycles. The SMILES string of the molecule is CC1=C(C(=O)OCCNC(=O)c2ccccc2C(=O)O)C(c2cccc(F)c2)C(C(=O)OCCNC(=O)c2ccccc2C(=O)O)=C(C)N1. The van der Waals surface area contributed by atoms with Gasteiger partial charge in [0.05, 0.1) is 52.4 Å². The van der Waals surface area contributed by atoms with Crippen molar-refractivity contribution < 1.29 is 52.8 Å². The summed E-state index contributed by atoms with van der Waals surface area (Å²) in [7, 11) is 0. The number of esters is 2. The van der Waals surface area contributed by atoms with Crippen LogP contribution >= 0.6 is 0 Å². The van der Waals surface area contributed by atoms with Crippen LogP contribution in [0.15, 0.2) is 95.3 Å². The third-order valence-corrected chi connectivity index (χ3v) is 7.43. The van der Waals surface area contributed by atoms with E-state index in [4.69, 9.17) is 9.47 Å². The fraction of sp³-hybridized carbons (Fsp3) is 0.200. The average molecular weight is 674 g/mol. The maximum Gasteiger partial charge on any atom is 0.336 e. The molecule has 3 aromatic carbocycles. The summed E-state index contributed by atoms with van der Waals surface area (Å²) in [6.45, 7) is 2.16. The van der Waals surface area contributed by atoms with Crippen LogP contribution in [0.4, 0.5) is 4.39 Å². The number of carbonyl (C=O) groups excluding carboxylic acids is 4. The molecule has 2 amide bonds. The van der Waals surface area contributed by atoms with Gasteiger partial charge in [0.1, 0.15) is 19.0 Å². The van der Waals surface area contributed by atoms with Gasteiger partial charge < -0.3 is 35.6 Å². The molecule has 0 saturated carbocycles. The van der Waals surface area contributed by atoms with Crippen LogP contribution in [0.2, 0.25) is 0 Å². The first-order valence-electron chi connectivity index (χ1n) is 14.9. The molecule has 254 valence electrons. The number of nitrogens with one attached hydrogen (secondary N) is 3. The Balaban J connectivity index is 1.45. The molecule has 5 N–H and O–H groups in total. The number of carboxylic acids is 2. The Bertz CT molecular complexity index is 1770. The first-order chi connectivity index (χ1) is 23.4. The standard InChI is InChI=1S/C35H32FN3O10/c1-19-27(34(46)48-16-14-37-30(40)23-10-3-5-12-25(23)32(42)43)29(21-8-7-9-22(36)18-21)28(20(2)39-19)35(47)49-17-15-38-31(41)24-11-4-6-13-26(24)33(44)45/h3-13,18,29,39H,14-17H2,1-2H3,(H,37,40)(H,38,41)(H,42,43)(H,44,45). The van der Waals surface area contributed by atoms with Gasteiger partial charge in [0.2, 0.25) is 0 Å². The van der Waals surface area contributed by atoms with Crippen LogP contribution in [0.25, 0.3) is 0 Å². The number of aromatic carboxylic acids is 2. The van der Waals surface area contributed by atoms with Crippen molar-refractivity contribution in [2.75, 3.05) is 26.3 Å². The summed E-state index contributed by atoms with van der Waals surface area (Å²) in [6.07, 6.45) is 0. The van der Waals surface area contributed by atoms with Gasteiger partial charge in [-0.3, -0.25) is 9.59 Å². The van der Waals surface area contributed by atoms with E-state index in [-0.39, 0.29) is 65.3 Å². The molecular formula is C35H32FN3O10. The number of dihydropyridines is 1. The first-order valence-corrected chi connectivity index (χ1v) is 14.9. The second-order valence-electron chi connectivity index (χ2n) is 10.7. The zero-order chi connectivity index (χ0) is 35.7. The lowest BCUT2D eigenvalue weighted by Crippen LogP contribution is -2.35. The number of hydrogen-bond donors (Lipinski definition) is 5. The van der Waals surface area contributed by atoms with E-state index in [9.17, 15) is 43.4 Å². The first kappa shape index (κ1) is 35.5. The van der Waals surface area contributed by atoms with Gasteiger partial charge in [-0.1, -0.05) is 36.4 Å². The Morgan fingerprint density at radius 2 is 1.10 bits per heavy atom. The molecule has 0 unspecified atom stereocenters. The van der Waals surface area contributed by atoms with Gasteiger partial charge in [-0.2, -0.15) is 0 Å². The fourth-order valence-electron chi connectivity index (χ4n) is 5.25. The summed E-state index contributed by atoms with van der Waals surface area (Å²) < 4.78 is 25.3. The minimum atomic E-state index is -1.28. The predicted octanol–water partition coefficient (Wildman–Crippen LogP) is 3.40. The smallest absolute Gasteiger partial charge is 0.336 e. The number of amides is 2. The third-order valence-electron chi connectivity index (χ3n) is 7.43. The van der Waals surface area contributed by atoms with E-state index < -0.39 is 47.4 Å². The largest absolute Gasteiger partial charge is 0.478 e. The summed E-state index contributed by atoms with van der Waals surface area (Å²) in [6, 6.07) is 16.5. The molecule has 0 atom stereocenters. The number of halogens is 1. The number of allylic oxidation sites excluding steroid dienone is 2. The Morgan fingerprint density at radius 3 is 1.51 bits per heavy atom. The molecule has 49 heavy (non-hydrogen) atoms. The lowest BCUT2D eigenvalue weighted by Gasteiger charge is -2.30. The molecule has 3 aromatic rings. The zero-order valence-corrected chi connectivity index (χ0v) is 26.4. The number of benzene rings is 3. The summed E-state index contributed by atoms with van der Waals surface area (Å²) in [5.74, 6) is -7.44. The monoisotopic (exact) mass is 673 g/mol. The van der Waals surface area contributed by atoms with Crippen molar-refractivity contribution in [3.63, 3.8) is 0 Å². The van der Waals surface area contributed by atoms with E-state index in [1.54, 1.807) is 13.8 Å². The Morgan fingerprint density at radius 1 is 0.673 bits per heavy atom. The fourth-order valence-corrected chi connectivity index (χ4v) is 5.25. The molecule has 0 aromatic heterocycles. The van der Waals surface area contributed by atoms with E-state index in [1.165, 1.54) is 66.7 Å². The molecule has 13 nitrogen and oxygen atoms in total. The minimum absolute atomic E-state index is 0.0238. The maximum absolute atomic E-state index is 14.4. The van der Waals surface area contributed by atoms with Crippen LogP contribution < -0.4 is 16.0 Å². The van der Waals surface area contributed by atoms with Crippen molar-refractivity contribution in [3.05, 3.63) is 129 Å². The van der Waals surface area contributed by atoms with Crippen LogP contribution in [0.5, 0.6) is 0 Å². The lowest BCUT2D eigenvalue weighted by molar-refractivity contribution is -0.140. The molecule has 1 aliphatic rings. The van der Waals surface area contributed by atoms with Gasteiger partial charge in [0, 0.05) is 11.4 Å². The topological polar surface area (TPSA) is 197 Å². The molecule has 0 radical (unpaired) electrons. The zero-order valence-electron chi connectivity index (χ0n) is 26.4. The van der Waals surface area contributed by atoms with Crippen LogP contribution in [0.1, 0.15) is 66.8 Å². The Kier molecular flexibility index (Phi) is 11.6. The van der Waals surface area contributed by atoms with Crippen molar-refractivity contribution in [3.8, 4) is 0 Å². The predicted molar refractivity (Wildman–Crippen MR) is 171 cm³/mol. The van der Waals surface area contributed by atoms with E-state index in [1.807, 2.05) is 0 Å². The number of rotatable bonds is 13. The number of ether oxygens (including phenoxy) is 2. The van der Waals surface area contributed by atoms with E-state index in [0.29, 0.717) is 11.4 Å². The highest BCUT2D eigenvalue weighted by Crippen LogP contribution is 2.39. The summed E-state index contributed by atoms with van der Waals surface area (Å²) >= 11 is 0. The number of carbonyl (C=O) groups is 6. The van der Waals surface area contributed by atoms with Crippen molar-refractivity contribution in [1.29, 1.82) is 0 Å². The van der Waals surface area contributed by atoms with E-state index in [0.717, 1.165) is 6.07 Å². The molecule has 0 fully saturated rings. The van der Waals surface area contributed by atoms with Crippen LogP contribution in [0, 0.1) is 5.82 Å². The Hall–Kier alpha value is -6.31. The Labute approximate surface area is 279 Å². The second kappa shape index (κ2) is 16.0. The highest BCUT2D eigenvalue weighted by Gasteiger charge is 2.38. The van der Waals surface area contributed by atoms with Crippen molar-refractivity contribution in [1.82, 2.24) is 16.0 Å². The van der Waals surface area contributed by atoms with Crippen molar-refractivity contribution in [2.45, 2.75) is 19.8 Å². The minimum Gasteiger partial charge on any atom is -0.478 e. The van der Waals surface area contributed by atoms with Gasteiger partial charge in [-0.05, 0) is 55.8 Å². The summed E-state index contributed by atoms with van der Waals surface area (Å²) in [5, 5.41) is 26.6. The quantitative estimate of drug-likeness (QED) is 0.132. The highest BCUT2D eigenvalue weighted by atomic mass is 19.1. The average Bonchev–Trinajstić information content (AvgIpc) is 3.07. The number of carboxylic acid groups (broad SMARTS) is 2. The van der Waals surface area contributed by atoms with Gasteiger partial charge >= 0.3 is 23.9 Å². The van der Waals surface area contributed by atoms with Crippen LogP contribution in [-0.4, -0.2) is 72.2 Å². The summed E-state index contributed by atoms with van der Waals surface area (Å²) in [4.78, 5) is 75.0. The maximum atomic E-state index is 14.4. The van der Waals surface area contributed by atoms with Crippen molar-refractivity contribution >= 4 is 35.7 Å². The van der Waals surface area contributed by atoms with E-state index in [2.05, 4.69) is 16.0 Å². The molecule has 0 aliphatic carbocycles. The molecule has 1 aliphatic heterocycles. The lowest BCUT2D eigenvalue weighted by atomic mass is 9.80. The molecule has 4 rings (SSSR count). The molecule has 0 spiro atoms. The van der Waals surface area contributed by atoms with Gasteiger partial charge in [-0.15, -0.1) is 0 Å². The van der Waals surface area contributed by atoms with Crippen LogP contribution in [0.3, 0.4) is 0 Å². The normalized spacial score (nSPS) is 12.9. The molecule has 0 bridgehead atoms. The summed E-state index contributed by atoms with van der Waals surface area (Å²) in [5.41, 5.74) is 0.291. The molecule has 14 heteroatoms. The second-order valence-corrected chi connectivity index (χ2v) is 10.7. The van der Waals surface area contributed by atoms with Crippen LogP contribution in [-0.2, 0) is 19.1 Å². The number of hydrogen-bond acceptors (Lipinski definition) is 9. The highest BCUT2D eigenvalue weighted by molar-refractivity contribution is 6.05.